The molecule has 5 nitrogen and oxygen atoms in total. The number of carboxylic acids is 1. The molecular weight excluding hydrogens is 302 g/mol. The molecule has 0 saturated carbocycles. The molecule has 0 aromatic heterocycles. The SMILES string of the molecule is COc1cc(C(=O)O)ccc1N1CC(Br)CC1=O. The Morgan fingerprint density at radius 2 is 2.28 bits per heavy atom. The van der Waals surface area contributed by atoms with Crippen LogP contribution in [0, 0.1) is 0 Å². The molecule has 1 unspecified atom stereocenters. The molecule has 1 saturated heterocycles. The van der Waals surface area contributed by atoms with Gasteiger partial charge in [-0.1, -0.05) is 15.9 Å². The van der Waals surface area contributed by atoms with E-state index < -0.39 is 5.97 Å². The molecule has 18 heavy (non-hydrogen) atoms. The molecule has 1 amide bonds. The third-order valence-corrected chi connectivity index (χ3v) is 3.41. The van der Waals surface area contributed by atoms with Gasteiger partial charge in [0, 0.05) is 17.8 Å². The van der Waals surface area contributed by atoms with E-state index in [9.17, 15) is 9.59 Å². The number of hydrogen-bond donors (Lipinski definition) is 1. The van der Waals surface area contributed by atoms with Crippen molar-refractivity contribution in [3.63, 3.8) is 0 Å². The minimum atomic E-state index is -1.02. The number of carbonyl (C=O) groups is 2. The molecule has 1 N–H and O–H groups in total. The van der Waals surface area contributed by atoms with Crippen LogP contribution >= 0.6 is 15.9 Å². The third kappa shape index (κ3) is 2.33. The van der Waals surface area contributed by atoms with Crippen molar-refractivity contribution in [2.24, 2.45) is 0 Å². The van der Waals surface area contributed by atoms with Gasteiger partial charge in [0.15, 0.2) is 0 Å². The second-order valence-corrected chi connectivity index (χ2v) is 5.29. The summed E-state index contributed by atoms with van der Waals surface area (Å²) in [5.74, 6) is -0.630. The summed E-state index contributed by atoms with van der Waals surface area (Å²) < 4.78 is 5.16. The zero-order valence-corrected chi connectivity index (χ0v) is 11.3. The zero-order chi connectivity index (χ0) is 13.3. The molecule has 96 valence electrons. The van der Waals surface area contributed by atoms with E-state index in [4.69, 9.17) is 9.84 Å². The van der Waals surface area contributed by atoms with E-state index in [0.717, 1.165) is 0 Å². The second-order valence-electron chi connectivity index (χ2n) is 4.00. The van der Waals surface area contributed by atoms with Crippen LogP contribution in [-0.4, -0.2) is 35.5 Å². The van der Waals surface area contributed by atoms with Crippen molar-refractivity contribution in [1.82, 2.24) is 0 Å². The van der Waals surface area contributed by atoms with E-state index in [0.29, 0.717) is 24.4 Å². The maximum atomic E-state index is 11.8. The van der Waals surface area contributed by atoms with Gasteiger partial charge in [0.25, 0.3) is 0 Å². The normalized spacial score (nSPS) is 19.1. The molecule has 1 aromatic rings. The number of rotatable bonds is 3. The van der Waals surface area contributed by atoms with Gasteiger partial charge in [-0.2, -0.15) is 0 Å². The first-order valence-corrected chi connectivity index (χ1v) is 6.30. The number of alkyl halides is 1. The number of halogens is 1. The number of ether oxygens (including phenoxy) is 1. The Labute approximate surface area is 112 Å². The predicted molar refractivity (Wildman–Crippen MR) is 69.6 cm³/mol. The summed E-state index contributed by atoms with van der Waals surface area (Å²) in [4.78, 5) is 24.4. The molecule has 0 radical (unpaired) electrons. The Balaban J connectivity index is 2.39. The number of aromatic carboxylic acids is 1. The van der Waals surface area contributed by atoms with Gasteiger partial charge in [0.1, 0.15) is 5.75 Å². The molecule has 1 aromatic carbocycles. The summed E-state index contributed by atoms with van der Waals surface area (Å²) >= 11 is 3.40. The van der Waals surface area contributed by atoms with Crippen LogP contribution in [0.25, 0.3) is 0 Å². The fraction of sp³-hybridized carbons (Fsp3) is 0.333. The number of carbonyl (C=O) groups excluding carboxylic acids is 1. The number of nitrogens with zero attached hydrogens (tertiary/aromatic N) is 1. The van der Waals surface area contributed by atoms with E-state index in [2.05, 4.69) is 15.9 Å². The summed E-state index contributed by atoms with van der Waals surface area (Å²) in [6.07, 6.45) is 0.434. The van der Waals surface area contributed by atoms with Gasteiger partial charge >= 0.3 is 5.97 Å². The Morgan fingerprint density at radius 3 is 2.78 bits per heavy atom. The first-order chi connectivity index (χ1) is 8.52. The molecule has 1 heterocycles. The van der Waals surface area contributed by atoms with Crippen molar-refractivity contribution >= 4 is 33.5 Å². The maximum absolute atomic E-state index is 11.8. The highest BCUT2D eigenvalue weighted by molar-refractivity contribution is 9.09. The highest BCUT2D eigenvalue weighted by atomic mass is 79.9. The Morgan fingerprint density at radius 1 is 1.56 bits per heavy atom. The molecule has 1 aliphatic heterocycles. The summed E-state index contributed by atoms with van der Waals surface area (Å²) in [5, 5.41) is 8.91. The average molecular weight is 314 g/mol. The second kappa shape index (κ2) is 4.97. The lowest BCUT2D eigenvalue weighted by molar-refractivity contribution is -0.117. The van der Waals surface area contributed by atoms with Crippen molar-refractivity contribution in [3.8, 4) is 5.75 Å². The monoisotopic (exact) mass is 313 g/mol. The Bertz CT molecular complexity index is 503. The Hall–Kier alpha value is -1.56. The third-order valence-electron chi connectivity index (χ3n) is 2.80. The lowest BCUT2D eigenvalue weighted by atomic mass is 10.2. The minimum absolute atomic E-state index is 0.00162. The highest BCUT2D eigenvalue weighted by Crippen LogP contribution is 2.33. The van der Waals surface area contributed by atoms with Gasteiger partial charge in [-0.25, -0.2) is 4.79 Å². The molecule has 2 rings (SSSR count). The number of hydrogen-bond acceptors (Lipinski definition) is 3. The lowest BCUT2D eigenvalue weighted by Crippen LogP contribution is -2.25. The molecule has 1 aliphatic rings. The van der Waals surface area contributed by atoms with Gasteiger partial charge in [-0.3, -0.25) is 4.79 Å². The lowest BCUT2D eigenvalue weighted by Gasteiger charge is -2.19. The minimum Gasteiger partial charge on any atom is -0.495 e. The Kier molecular flexibility index (Phi) is 3.56. The first kappa shape index (κ1) is 12.9. The maximum Gasteiger partial charge on any atom is 0.335 e. The number of methoxy groups -OCH3 is 1. The number of carboxylic acid groups (broad SMARTS) is 1. The van der Waals surface area contributed by atoms with Gasteiger partial charge < -0.3 is 14.7 Å². The van der Waals surface area contributed by atoms with Crippen LogP contribution < -0.4 is 9.64 Å². The molecule has 0 aliphatic carbocycles. The number of anilines is 1. The molecule has 1 fully saturated rings. The first-order valence-electron chi connectivity index (χ1n) is 5.38. The molecule has 0 spiro atoms. The molecule has 1 atom stereocenters. The van der Waals surface area contributed by atoms with Crippen LogP contribution in [0.5, 0.6) is 5.75 Å². The van der Waals surface area contributed by atoms with Gasteiger partial charge in [-0.05, 0) is 18.2 Å². The van der Waals surface area contributed by atoms with Gasteiger partial charge in [-0.15, -0.1) is 0 Å². The van der Waals surface area contributed by atoms with E-state index in [1.165, 1.54) is 19.2 Å². The summed E-state index contributed by atoms with van der Waals surface area (Å²) in [6.45, 7) is 0.557. The van der Waals surface area contributed by atoms with Crippen LogP contribution in [0.15, 0.2) is 18.2 Å². The van der Waals surface area contributed by atoms with Crippen molar-refractivity contribution < 1.29 is 19.4 Å². The largest absolute Gasteiger partial charge is 0.495 e. The molecule has 6 heteroatoms. The van der Waals surface area contributed by atoms with Gasteiger partial charge in [0.2, 0.25) is 5.91 Å². The van der Waals surface area contributed by atoms with Crippen molar-refractivity contribution in [1.29, 1.82) is 0 Å². The van der Waals surface area contributed by atoms with Crippen LogP contribution in [0.2, 0.25) is 0 Å². The zero-order valence-electron chi connectivity index (χ0n) is 9.72. The number of amides is 1. The van der Waals surface area contributed by atoms with E-state index in [1.807, 2.05) is 0 Å². The van der Waals surface area contributed by atoms with E-state index in [-0.39, 0.29) is 16.3 Å². The van der Waals surface area contributed by atoms with Crippen LogP contribution in [0.1, 0.15) is 16.8 Å². The predicted octanol–water partition coefficient (Wildman–Crippen LogP) is 1.89. The summed E-state index contributed by atoms with van der Waals surface area (Å²) in [7, 11) is 1.45. The van der Waals surface area contributed by atoms with Crippen LogP contribution in [0.3, 0.4) is 0 Å². The highest BCUT2D eigenvalue weighted by Gasteiger charge is 2.30. The summed E-state index contributed by atoms with van der Waals surface area (Å²) in [5.41, 5.74) is 0.743. The van der Waals surface area contributed by atoms with E-state index in [1.54, 1.807) is 11.0 Å². The van der Waals surface area contributed by atoms with E-state index >= 15 is 0 Å². The number of benzene rings is 1. The van der Waals surface area contributed by atoms with Crippen LogP contribution in [-0.2, 0) is 4.79 Å². The molecule has 0 bridgehead atoms. The fourth-order valence-electron chi connectivity index (χ4n) is 1.93. The topological polar surface area (TPSA) is 66.8 Å². The standard InChI is InChI=1S/C12H12BrNO4/c1-18-10-4-7(12(16)17)2-3-9(10)14-6-8(13)5-11(14)15/h2-4,8H,5-6H2,1H3,(H,16,17). The van der Waals surface area contributed by atoms with Crippen LogP contribution in [0.4, 0.5) is 5.69 Å². The van der Waals surface area contributed by atoms with Crippen molar-refractivity contribution in [2.45, 2.75) is 11.2 Å². The fourth-order valence-corrected chi connectivity index (χ4v) is 2.50. The quantitative estimate of drug-likeness (QED) is 0.865. The van der Waals surface area contributed by atoms with Gasteiger partial charge in [0.05, 0.1) is 18.4 Å². The average Bonchev–Trinajstić information content (AvgIpc) is 2.67. The summed E-state index contributed by atoms with van der Waals surface area (Å²) in [6, 6.07) is 4.49. The smallest absolute Gasteiger partial charge is 0.335 e. The van der Waals surface area contributed by atoms with Crippen molar-refractivity contribution in [3.05, 3.63) is 23.8 Å². The molecular formula is C12H12BrNO4. The van der Waals surface area contributed by atoms with Crippen molar-refractivity contribution in [2.75, 3.05) is 18.6 Å².